The number of hydrogen-bond donors (Lipinski definition) is 0. The number of rotatable bonds is 6. The van der Waals surface area contributed by atoms with Crippen molar-refractivity contribution in [2.75, 3.05) is 0 Å². The van der Waals surface area contributed by atoms with Crippen molar-refractivity contribution in [3.05, 3.63) is 35.9 Å². The molecule has 1 heteroatoms. The molecule has 13 heavy (non-hydrogen) atoms. The molecule has 0 aliphatic heterocycles. The minimum Gasteiger partial charge on any atom is -0.291 e. The van der Waals surface area contributed by atoms with E-state index in [-0.39, 0.29) is 0 Å². The Kier molecular flexibility index (Phi) is 4.92. The van der Waals surface area contributed by atoms with Gasteiger partial charge in [-0.2, -0.15) is 0 Å². The first-order valence-electron chi connectivity index (χ1n) is 4.82. The standard InChI is InChI=1S/C12H15O/c13-11-7-2-1-4-8-12-9-5-3-6-10-12/h3,5-6,9-10H,1-2,4,7-8H2. The zero-order chi connectivity index (χ0) is 9.36. The molecule has 0 unspecified atom stereocenters. The molecule has 0 heterocycles. The summed E-state index contributed by atoms with van der Waals surface area (Å²) >= 11 is 0. The second-order valence-electron chi connectivity index (χ2n) is 3.19. The van der Waals surface area contributed by atoms with Crippen LogP contribution in [0.2, 0.25) is 0 Å². The maximum atomic E-state index is 9.91. The summed E-state index contributed by atoms with van der Waals surface area (Å²) in [6, 6.07) is 10.5. The summed E-state index contributed by atoms with van der Waals surface area (Å²) in [5, 5.41) is 0. The molecule has 1 rings (SSSR count). The molecule has 0 bridgehead atoms. The van der Waals surface area contributed by atoms with Crippen LogP contribution in [0, 0.1) is 0 Å². The average Bonchev–Trinajstić information content (AvgIpc) is 2.19. The van der Waals surface area contributed by atoms with Crippen molar-refractivity contribution in [2.24, 2.45) is 0 Å². The molecule has 0 fully saturated rings. The first-order valence-corrected chi connectivity index (χ1v) is 4.82. The van der Waals surface area contributed by atoms with E-state index in [1.807, 2.05) is 12.4 Å². The Morgan fingerprint density at radius 3 is 2.46 bits per heavy atom. The minimum atomic E-state index is 0.592. The van der Waals surface area contributed by atoms with Crippen molar-refractivity contribution in [3.63, 3.8) is 0 Å². The molecule has 0 N–H and O–H groups in total. The van der Waals surface area contributed by atoms with Gasteiger partial charge in [0.15, 0.2) is 6.29 Å². The van der Waals surface area contributed by atoms with Gasteiger partial charge in [-0.05, 0) is 24.8 Å². The van der Waals surface area contributed by atoms with Gasteiger partial charge in [0.25, 0.3) is 0 Å². The Bertz CT molecular complexity index is 228. The van der Waals surface area contributed by atoms with Crippen LogP contribution >= 0.6 is 0 Å². The van der Waals surface area contributed by atoms with E-state index in [1.165, 1.54) is 12.0 Å². The van der Waals surface area contributed by atoms with E-state index >= 15 is 0 Å². The topological polar surface area (TPSA) is 17.1 Å². The predicted molar refractivity (Wildman–Crippen MR) is 54.3 cm³/mol. The Morgan fingerprint density at radius 1 is 1.00 bits per heavy atom. The monoisotopic (exact) mass is 175 g/mol. The van der Waals surface area contributed by atoms with Crippen LogP contribution in [0.1, 0.15) is 31.2 Å². The van der Waals surface area contributed by atoms with E-state index in [1.54, 1.807) is 0 Å². The molecule has 0 aliphatic carbocycles. The molecule has 0 amide bonds. The first-order chi connectivity index (χ1) is 6.43. The van der Waals surface area contributed by atoms with Gasteiger partial charge in [0.05, 0.1) is 0 Å². The summed E-state index contributed by atoms with van der Waals surface area (Å²) in [5.41, 5.74) is 1.39. The first kappa shape index (κ1) is 9.97. The molecule has 0 saturated carbocycles. The fraction of sp³-hybridized carbons (Fsp3) is 0.417. The Morgan fingerprint density at radius 2 is 1.77 bits per heavy atom. The lowest BCUT2D eigenvalue weighted by Gasteiger charge is -1.99. The summed E-state index contributed by atoms with van der Waals surface area (Å²) in [6.07, 6.45) is 6.92. The van der Waals surface area contributed by atoms with Crippen LogP contribution < -0.4 is 0 Å². The van der Waals surface area contributed by atoms with E-state index in [9.17, 15) is 4.79 Å². The Balaban J connectivity index is 2.10. The summed E-state index contributed by atoms with van der Waals surface area (Å²) in [6.45, 7) is 0. The highest BCUT2D eigenvalue weighted by Gasteiger charge is 1.92. The Hall–Kier alpha value is -1.11. The molecule has 1 aromatic rings. The van der Waals surface area contributed by atoms with Crippen LogP contribution in [-0.2, 0) is 11.2 Å². The number of aryl methyl sites for hydroxylation is 1. The van der Waals surface area contributed by atoms with Crippen LogP contribution in [-0.4, -0.2) is 6.29 Å². The van der Waals surface area contributed by atoms with Gasteiger partial charge in [0, 0.05) is 6.42 Å². The molecule has 1 radical (unpaired) electrons. The summed E-state index contributed by atoms with van der Waals surface area (Å²) < 4.78 is 0. The van der Waals surface area contributed by atoms with Crippen molar-refractivity contribution >= 4 is 6.29 Å². The van der Waals surface area contributed by atoms with Gasteiger partial charge >= 0.3 is 0 Å². The van der Waals surface area contributed by atoms with E-state index in [0.717, 1.165) is 19.3 Å². The highest BCUT2D eigenvalue weighted by atomic mass is 16.1. The zero-order valence-electron chi connectivity index (χ0n) is 7.83. The van der Waals surface area contributed by atoms with Crippen LogP contribution in [0.4, 0.5) is 0 Å². The van der Waals surface area contributed by atoms with E-state index in [4.69, 9.17) is 0 Å². The summed E-state index contributed by atoms with van der Waals surface area (Å²) in [4.78, 5) is 9.91. The van der Waals surface area contributed by atoms with Gasteiger partial charge in [-0.1, -0.05) is 36.8 Å². The van der Waals surface area contributed by atoms with Crippen molar-refractivity contribution in [2.45, 2.75) is 32.1 Å². The van der Waals surface area contributed by atoms with E-state index < -0.39 is 0 Å². The van der Waals surface area contributed by atoms with Gasteiger partial charge in [-0.15, -0.1) is 0 Å². The van der Waals surface area contributed by atoms with Gasteiger partial charge < -0.3 is 0 Å². The van der Waals surface area contributed by atoms with Crippen LogP contribution in [0.15, 0.2) is 30.3 Å². The number of hydrogen-bond acceptors (Lipinski definition) is 1. The molecule has 0 aliphatic rings. The van der Waals surface area contributed by atoms with E-state index in [0.29, 0.717) is 6.42 Å². The molecular formula is C12H15O. The lowest BCUT2D eigenvalue weighted by atomic mass is 10.1. The highest BCUT2D eigenvalue weighted by Crippen LogP contribution is 2.06. The van der Waals surface area contributed by atoms with Crippen molar-refractivity contribution in [1.29, 1.82) is 0 Å². The number of unbranched alkanes of at least 4 members (excludes halogenated alkanes) is 3. The third-order valence-electron chi connectivity index (χ3n) is 2.09. The van der Waals surface area contributed by atoms with Crippen molar-refractivity contribution < 1.29 is 4.79 Å². The van der Waals surface area contributed by atoms with Gasteiger partial charge in [0.2, 0.25) is 0 Å². The van der Waals surface area contributed by atoms with Crippen LogP contribution in [0.25, 0.3) is 0 Å². The molecule has 1 nitrogen and oxygen atoms in total. The van der Waals surface area contributed by atoms with Crippen LogP contribution in [0.5, 0.6) is 0 Å². The normalized spacial score (nSPS) is 9.85. The molecule has 1 aromatic carbocycles. The third-order valence-corrected chi connectivity index (χ3v) is 2.09. The van der Waals surface area contributed by atoms with Gasteiger partial charge in [0.1, 0.15) is 0 Å². The van der Waals surface area contributed by atoms with Crippen molar-refractivity contribution in [3.8, 4) is 0 Å². The SMILES string of the molecule is O=[C]CCCCCc1ccccc1. The molecule has 0 saturated heterocycles. The largest absolute Gasteiger partial charge is 0.291 e. The third kappa shape index (κ3) is 4.46. The predicted octanol–water partition coefficient (Wildman–Crippen LogP) is 2.90. The molecule has 0 aromatic heterocycles. The Labute approximate surface area is 79.8 Å². The van der Waals surface area contributed by atoms with Crippen molar-refractivity contribution in [1.82, 2.24) is 0 Å². The average molecular weight is 175 g/mol. The molecule has 0 atom stereocenters. The lowest BCUT2D eigenvalue weighted by molar-refractivity contribution is 0.545. The van der Waals surface area contributed by atoms with Crippen LogP contribution in [0.3, 0.4) is 0 Å². The van der Waals surface area contributed by atoms with Gasteiger partial charge in [-0.25, -0.2) is 0 Å². The second kappa shape index (κ2) is 6.41. The smallest absolute Gasteiger partial charge is 0.198 e. The highest BCUT2D eigenvalue weighted by molar-refractivity contribution is 5.50. The minimum absolute atomic E-state index is 0.592. The molecule has 69 valence electrons. The molecular weight excluding hydrogens is 160 g/mol. The van der Waals surface area contributed by atoms with Gasteiger partial charge in [-0.3, -0.25) is 4.79 Å². The number of benzene rings is 1. The fourth-order valence-electron chi connectivity index (χ4n) is 1.35. The summed E-state index contributed by atoms with van der Waals surface area (Å²) in [7, 11) is 0. The zero-order valence-corrected chi connectivity index (χ0v) is 7.83. The maximum Gasteiger partial charge on any atom is 0.198 e. The fourth-order valence-corrected chi connectivity index (χ4v) is 1.35. The maximum absolute atomic E-state index is 9.91. The quantitative estimate of drug-likeness (QED) is 0.607. The molecule has 0 spiro atoms. The summed E-state index contributed by atoms with van der Waals surface area (Å²) in [5.74, 6) is 0. The van der Waals surface area contributed by atoms with E-state index in [2.05, 4.69) is 24.3 Å². The lowest BCUT2D eigenvalue weighted by Crippen LogP contribution is -1.85. The second-order valence-corrected chi connectivity index (χ2v) is 3.19. The number of carbonyl (C=O) groups excluding carboxylic acids is 1.